The third-order valence-corrected chi connectivity index (χ3v) is 10.7. The van der Waals surface area contributed by atoms with E-state index >= 15 is 0 Å². The summed E-state index contributed by atoms with van der Waals surface area (Å²) in [5.41, 5.74) is 8.97. The summed E-state index contributed by atoms with van der Waals surface area (Å²) in [6.07, 6.45) is 0. The van der Waals surface area contributed by atoms with Crippen molar-refractivity contribution >= 4 is 54.3 Å². The molecule has 2 heterocycles. The molecule has 0 N–H and O–H groups in total. The number of fused-ring (bicyclic) bond motifs is 8. The summed E-state index contributed by atoms with van der Waals surface area (Å²) in [6, 6.07) is 65.8. The van der Waals surface area contributed by atoms with Gasteiger partial charge in [0.2, 0.25) is 0 Å². The van der Waals surface area contributed by atoms with E-state index in [-0.39, 0.29) is 0 Å². The molecule has 0 unspecified atom stereocenters. The standard InChI is InChI=1S/C51H31N3O/c1-3-11-32(12-4-1)35-16-9-17-36(29-35)37-24-28-46-45(31-37)48-44(19-10-20-47(48)55-46)51-53-49(34-14-5-2-6-15-34)52-50(54-51)39-23-25-41-38(30-39)22-27-42-40-18-8-7-13-33(40)21-26-43(41)42/h1-31H. The summed E-state index contributed by atoms with van der Waals surface area (Å²) >= 11 is 0. The van der Waals surface area contributed by atoms with Crippen molar-refractivity contribution in [1.29, 1.82) is 0 Å². The van der Waals surface area contributed by atoms with Gasteiger partial charge in [0.05, 0.1) is 0 Å². The molecule has 11 aromatic rings. The quantitative estimate of drug-likeness (QED) is 0.168. The van der Waals surface area contributed by atoms with Crippen molar-refractivity contribution in [3.8, 4) is 56.4 Å². The van der Waals surface area contributed by atoms with E-state index in [4.69, 9.17) is 19.4 Å². The maximum Gasteiger partial charge on any atom is 0.164 e. The molecule has 4 heteroatoms. The van der Waals surface area contributed by atoms with Crippen LogP contribution in [0.15, 0.2) is 192 Å². The topological polar surface area (TPSA) is 51.8 Å². The summed E-state index contributed by atoms with van der Waals surface area (Å²) in [6.45, 7) is 0. The summed E-state index contributed by atoms with van der Waals surface area (Å²) < 4.78 is 6.47. The molecule has 0 aliphatic carbocycles. The van der Waals surface area contributed by atoms with Crippen molar-refractivity contribution in [2.24, 2.45) is 0 Å². The van der Waals surface area contributed by atoms with Gasteiger partial charge in [0.15, 0.2) is 17.5 Å². The van der Waals surface area contributed by atoms with Gasteiger partial charge >= 0.3 is 0 Å². The van der Waals surface area contributed by atoms with Gasteiger partial charge in [-0.1, -0.05) is 158 Å². The van der Waals surface area contributed by atoms with Crippen LogP contribution >= 0.6 is 0 Å². The first-order valence-electron chi connectivity index (χ1n) is 18.5. The lowest BCUT2D eigenvalue weighted by Crippen LogP contribution is -2.00. The molecule has 11 rings (SSSR count). The number of furan rings is 1. The van der Waals surface area contributed by atoms with Gasteiger partial charge in [-0.3, -0.25) is 0 Å². The first-order valence-corrected chi connectivity index (χ1v) is 18.5. The van der Waals surface area contributed by atoms with Crippen molar-refractivity contribution in [2.75, 3.05) is 0 Å². The minimum absolute atomic E-state index is 0.596. The van der Waals surface area contributed by atoms with Crippen molar-refractivity contribution in [2.45, 2.75) is 0 Å². The fraction of sp³-hybridized carbons (Fsp3) is 0. The summed E-state index contributed by atoms with van der Waals surface area (Å²) in [7, 11) is 0. The highest BCUT2D eigenvalue weighted by Gasteiger charge is 2.19. The van der Waals surface area contributed by atoms with Crippen molar-refractivity contribution in [3.63, 3.8) is 0 Å². The summed E-state index contributed by atoms with van der Waals surface area (Å²) in [5, 5.41) is 9.31. The van der Waals surface area contributed by atoms with Gasteiger partial charge in [-0.25, -0.2) is 15.0 Å². The predicted molar refractivity (Wildman–Crippen MR) is 227 cm³/mol. The van der Waals surface area contributed by atoms with Crippen LogP contribution in [0.3, 0.4) is 0 Å². The van der Waals surface area contributed by atoms with E-state index in [0.717, 1.165) is 55.1 Å². The highest BCUT2D eigenvalue weighted by atomic mass is 16.3. The zero-order valence-electron chi connectivity index (χ0n) is 29.6. The molecule has 0 aliphatic heterocycles. The number of benzene rings is 9. The molecule has 0 atom stereocenters. The van der Waals surface area contributed by atoms with Crippen LogP contribution in [0.25, 0.3) is 111 Å². The van der Waals surface area contributed by atoms with Gasteiger partial charge in [0, 0.05) is 27.5 Å². The second-order valence-corrected chi connectivity index (χ2v) is 14.0. The first-order chi connectivity index (χ1) is 27.2. The molecule has 4 nitrogen and oxygen atoms in total. The smallest absolute Gasteiger partial charge is 0.164 e. The Labute approximate surface area is 317 Å². The van der Waals surface area contributed by atoms with E-state index in [1.807, 2.05) is 48.5 Å². The predicted octanol–water partition coefficient (Wildman–Crippen LogP) is 13.6. The Kier molecular flexibility index (Phi) is 7.14. The minimum Gasteiger partial charge on any atom is -0.456 e. The zero-order valence-corrected chi connectivity index (χ0v) is 29.6. The number of aromatic nitrogens is 3. The molecular formula is C51H31N3O. The van der Waals surface area contributed by atoms with E-state index in [2.05, 4.69) is 140 Å². The maximum absolute atomic E-state index is 6.47. The van der Waals surface area contributed by atoms with Gasteiger partial charge in [-0.05, 0) is 84.9 Å². The third kappa shape index (κ3) is 5.34. The van der Waals surface area contributed by atoms with E-state index in [0.29, 0.717) is 17.5 Å². The average molecular weight is 702 g/mol. The van der Waals surface area contributed by atoms with Crippen LogP contribution in [0.4, 0.5) is 0 Å². The van der Waals surface area contributed by atoms with E-state index < -0.39 is 0 Å². The van der Waals surface area contributed by atoms with Crippen LogP contribution in [0.1, 0.15) is 0 Å². The molecule has 0 radical (unpaired) electrons. The van der Waals surface area contributed by atoms with Crippen molar-refractivity contribution < 1.29 is 4.42 Å². The van der Waals surface area contributed by atoms with E-state index in [9.17, 15) is 0 Å². The zero-order chi connectivity index (χ0) is 36.3. The Morgan fingerprint density at radius 3 is 1.69 bits per heavy atom. The van der Waals surface area contributed by atoms with Crippen LogP contribution in [0, 0.1) is 0 Å². The molecule has 55 heavy (non-hydrogen) atoms. The average Bonchev–Trinajstić information content (AvgIpc) is 3.65. The maximum atomic E-state index is 6.47. The van der Waals surface area contributed by atoms with Crippen LogP contribution < -0.4 is 0 Å². The normalized spacial score (nSPS) is 11.6. The Bertz CT molecular complexity index is 3260. The van der Waals surface area contributed by atoms with Crippen molar-refractivity contribution in [1.82, 2.24) is 15.0 Å². The molecule has 0 saturated heterocycles. The molecule has 0 fully saturated rings. The number of rotatable bonds is 5. The van der Waals surface area contributed by atoms with Gasteiger partial charge in [-0.2, -0.15) is 0 Å². The van der Waals surface area contributed by atoms with Gasteiger partial charge in [0.1, 0.15) is 11.2 Å². The van der Waals surface area contributed by atoms with Crippen LogP contribution in [-0.2, 0) is 0 Å². The lowest BCUT2D eigenvalue weighted by atomic mass is 9.96. The SMILES string of the molecule is c1ccc(-c2cccc(-c3ccc4oc5cccc(-c6nc(-c7ccccc7)nc(-c7ccc8c(ccc9c%10ccccc%10ccc89)c7)n6)c5c4c3)c2)cc1. The fourth-order valence-corrected chi connectivity index (χ4v) is 8.01. The molecule has 0 amide bonds. The highest BCUT2D eigenvalue weighted by molar-refractivity contribution is 6.17. The van der Waals surface area contributed by atoms with Crippen LogP contribution in [0.5, 0.6) is 0 Å². The molecule has 256 valence electrons. The lowest BCUT2D eigenvalue weighted by molar-refractivity contribution is 0.669. The molecule has 0 saturated carbocycles. The minimum atomic E-state index is 0.596. The highest BCUT2D eigenvalue weighted by Crippen LogP contribution is 2.39. The van der Waals surface area contributed by atoms with Crippen LogP contribution in [-0.4, -0.2) is 15.0 Å². The molecule has 9 aromatic carbocycles. The Morgan fingerprint density at radius 2 is 0.873 bits per heavy atom. The molecule has 0 spiro atoms. The molecule has 0 bridgehead atoms. The summed E-state index contributed by atoms with van der Waals surface area (Å²) in [4.78, 5) is 15.4. The van der Waals surface area contributed by atoms with Gasteiger partial charge < -0.3 is 4.42 Å². The Balaban J connectivity index is 1.08. The lowest BCUT2D eigenvalue weighted by Gasteiger charge is -2.11. The Morgan fingerprint density at radius 1 is 0.291 bits per heavy atom. The second-order valence-electron chi connectivity index (χ2n) is 14.0. The molecule has 2 aromatic heterocycles. The third-order valence-electron chi connectivity index (χ3n) is 10.7. The summed E-state index contributed by atoms with van der Waals surface area (Å²) in [5.74, 6) is 1.83. The van der Waals surface area contributed by atoms with Gasteiger partial charge in [0.25, 0.3) is 0 Å². The second kappa shape index (κ2) is 12.6. The van der Waals surface area contributed by atoms with Crippen molar-refractivity contribution in [3.05, 3.63) is 188 Å². The molecule has 0 aliphatic rings. The largest absolute Gasteiger partial charge is 0.456 e. The number of hydrogen-bond acceptors (Lipinski definition) is 4. The number of nitrogens with zero attached hydrogens (tertiary/aromatic N) is 3. The van der Waals surface area contributed by atoms with E-state index in [1.54, 1.807) is 0 Å². The van der Waals surface area contributed by atoms with E-state index in [1.165, 1.54) is 38.1 Å². The Hall–Kier alpha value is -7.43. The van der Waals surface area contributed by atoms with Crippen LogP contribution in [0.2, 0.25) is 0 Å². The van der Waals surface area contributed by atoms with Gasteiger partial charge in [-0.15, -0.1) is 0 Å². The number of hydrogen-bond donors (Lipinski definition) is 0. The molecular weight excluding hydrogens is 671 g/mol. The first kappa shape index (κ1) is 31.1. The fourth-order valence-electron chi connectivity index (χ4n) is 8.01. The monoisotopic (exact) mass is 701 g/mol.